The van der Waals surface area contributed by atoms with E-state index in [0.29, 0.717) is 6.54 Å². The second-order valence-corrected chi connectivity index (χ2v) is 23.8. The Morgan fingerprint density at radius 1 is 0.495 bits per heavy atom. The first-order valence-corrected chi connectivity index (χ1v) is 30.3. The number of benzene rings is 2. The van der Waals surface area contributed by atoms with Gasteiger partial charge in [0.1, 0.15) is 0 Å². The Hall–Kier alpha value is -10.1. The number of aliphatic imine (C=N–C) groups is 1. The van der Waals surface area contributed by atoms with Crippen molar-refractivity contribution in [3.63, 3.8) is 0 Å². The van der Waals surface area contributed by atoms with Gasteiger partial charge in [0.15, 0.2) is 0 Å². The molecule has 0 fully saturated rings. The molecule has 1 unspecified atom stereocenters. The normalized spacial score (nSPS) is 18.7. The number of allylic oxidation sites excluding steroid dienone is 8. The monoisotopic (exact) mass is 1280 g/mol. The summed E-state index contributed by atoms with van der Waals surface area (Å²) in [7, 11) is 0. The van der Waals surface area contributed by atoms with E-state index < -0.39 is 5.91 Å². The molecule has 12 nitrogen and oxygen atoms in total. The van der Waals surface area contributed by atoms with Crippen LogP contribution in [-0.2, 0) is 44.9 Å². The molecule has 10 aliphatic rings. The Morgan fingerprint density at radius 2 is 1.03 bits per heavy atom. The summed E-state index contributed by atoms with van der Waals surface area (Å²) < 4.78 is 10.4. The van der Waals surface area contributed by atoms with Crippen molar-refractivity contribution in [1.82, 2.24) is 39.0 Å². The van der Waals surface area contributed by atoms with Crippen molar-refractivity contribution in [2.45, 2.75) is 47.5 Å². The minimum atomic E-state index is -0.611. The first kappa shape index (κ1) is 56.1. The summed E-state index contributed by atoms with van der Waals surface area (Å²) >= 11 is 0. The zero-order valence-electron chi connectivity index (χ0n) is 51.2. The van der Waals surface area contributed by atoms with E-state index in [9.17, 15) is 0 Å². The number of hydrogen-bond acceptors (Lipinski definition) is 3. The number of aryl methyl sites for hydroxylation is 3. The van der Waals surface area contributed by atoms with Crippen molar-refractivity contribution in [1.29, 1.82) is 0 Å². The van der Waals surface area contributed by atoms with Crippen LogP contribution in [0.2, 0.25) is 0 Å². The Labute approximate surface area is 550 Å². The van der Waals surface area contributed by atoms with Crippen molar-refractivity contribution in [3.05, 3.63) is 300 Å². The fraction of sp³-hybridized carbons (Fsp3) is 0.104. The average molecular weight is 1280 g/mol. The van der Waals surface area contributed by atoms with Crippen LogP contribution in [0.5, 0.6) is 0 Å². The maximum atomic E-state index is 5.13. The molecule has 91 heavy (non-hydrogen) atoms. The second kappa shape index (κ2) is 21.0. The SMILES string of the molecule is CC1=C2C=CC3=[N+]2C24n5c1ccc5C(c1ccc(C(=C5C=CC=N5)c5ccc[n-]5)cc1)=C1C=CC(=[N+]12)C(C)=c1ccc(n14)=C3C.Cc1c2nc(c(C)c3ccc([n-]3)c(-c3ccc(C(=C4C=CC[N-]4)c4ccc[n-]4)cc3)c3nc(c(C)c4ccc1[n-]4)C=C3)C=C2.[Zn+2].[Zn]. The molecular weight excluding hydrogens is 1220 g/mol. The van der Waals surface area contributed by atoms with Gasteiger partial charge in [-0.15, -0.1) is 51.8 Å². The number of rotatable bonds is 6. The topological polar surface area (TPSA) is 125 Å². The molecular formula is C77H55N12Zn2-. The van der Waals surface area contributed by atoms with Gasteiger partial charge < -0.3 is 25.3 Å². The van der Waals surface area contributed by atoms with Crippen molar-refractivity contribution >= 4 is 97.4 Å². The van der Waals surface area contributed by atoms with E-state index in [1.54, 1.807) is 0 Å². The molecule has 2 aromatic carbocycles. The van der Waals surface area contributed by atoms with Gasteiger partial charge in [-0.2, -0.15) is 21.5 Å². The van der Waals surface area contributed by atoms with Crippen LogP contribution in [0.4, 0.5) is 0 Å². The summed E-state index contributed by atoms with van der Waals surface area (Å²) in [6, 6.07) is 43.2. The third kappa shape index (κ3) is 8.01. The van der Waals surface area contributed by atoms with E-state index >= 15 is 0 Å². The van der Waals surface area contributed by atoms with E-state index in [2.05, 4.69) is 245 Å². The van der Waals surface area contributed by atoms with Gasteiger partial charge in [-0.25, -0.2) is 9.97 Å². The molecule has 428 valence electrons. The quantitative estimate of drug-likeness (QED) is 0.121. The molecule has 0 amide bonds. The molecule has 14 heteroatoms. The Kier molecular flexibility index (Phi) is 12.9. The van der Waals surface area contributed by atoms with Crippen LogP contribution < -0.4 is 30.6 Å². The first-order valence-electron chi connectivity index (χ1n) is 30.3. The minimum Gasteiger partial charge on any atom is -0.681 e. The first-order chi connectivity index (χ1) is 43.6. The number of aromatic nitrogens is 8. The summed E-state index contributed by atoms with van der Waals surface area (Å²) in [4.78, 5) is 34.0. The smallest absolute Gasteiger partial charge is 0.681 e. The van der Waals surface area contributed by atoms with Crippen LogP contribution in [0.15, 0.2) is 210 Å². The van der Waals surface area contributed by atoms with Crippen LogP contribution in [0.25, 0.3) is 96.3 Å². The van der Waals surface area contributed by atoms with E-state index in [1.165, 1.54) is 72.8 Å². The van der Waals surface area contributed by atoms with Gasteiger partial charge in [0.25, 0.3) is 0 Å². The molecule has 0 saturated heterocycles. The Morgan fingerprint density at radius 3 is 1.62 bits per heavy atom. The van der Waals surface area contributed by atoms with Gasteiger partial charge in [0, 0.05) is 66.7 Å². The van der Waals surface area contributed by atoms with Gasteiger partial charge in [-0.1, -0.05) is 112 Å². The van der Waals surface area contributed by atoms with Crippen LogP contribution in [-0.4, -0.2) is 52.4 Å². The molecule has 8 bridgehead atoms. The van der Waals surface area contributed by atoms with E-state index in [1.807, 2.05) is 42.9 Å². The predicted molar refractivity (Wildman–Crippen MR) is 357 cm³/mol. The minimum absolute atomic E-state index is 0. The Balaban J connectivity index is 0.000000142. The number of hydrogen-bond donors (Lipinski definition) is 0. The van der Waals surface area contributed by atoms with Gasteiger partial charge in [0.2, 0.25) is 22.8 Å². The molecule has 1 atom stereocenters. The summed E-state index contributed by atoms with van der Waals surface area (Å²) in [5.41, 5.74) is 34.2. The van der Waals surface area contributed by atoms with Crippen LogP contribution in [0.3, 0.4) is 0 Å². The second-order valence-electron chi connectivity index (χ2n) is 23.8. The van der Waals surface area contributed by atoms with Crippen molar-refractivity contribution in [2.24, 2.45) is 4.99 Å². The summed E-state index contributed by atoms with van der Waals surface area (Å²) in [6.07, 6.45) is 31.3. The fourth-order valence-corrected chi connectivity index (χ4v) is 14.7. The zero-order valence-corrected chi connectivity index (χ0v) is 57.1. The maximum Gasteiger partial charge on any atom is 2.00 e. The van der Waals surface area contributed by atoms with Crippen molar-refractivity contribution in [3.8, 4) is 11.1 Å². The standard InChI is InChI=1S/C39H27N6.C38H28N6.2Zn/c1-22-29-12-14-31-23(2)33-16-18-35-38(26-10-8-25(9-11-26)37(27-6-4-20-40-27)28-7-5-21-41-28)36-19-17-34-24(3)32-15-13-30(22)43(32)39(42(29)31,44(33)35)45(34)36;1-22-27-12-14-29(41-27)23(2)31-16-18-35(43-31)38(36-19-17-32(44-36)24(3)30-15-13-28(22)42-30)26-10-8-25(9-11-26)37(33-6-4-20-39-33)34-7-5-21-40-34;;/h4-21H,1-3H3;4-20H,21H2,1-3H3;;/q+1;-4;;+2. The third-order valence-corrected chi connectivity index (χ3v) is 19.2. The molecule has 0 N–H and O–H groups in total. The van der Waals surface area contributed by atoms with Crippen LogP contribution in [0.1, 0.15) is 99.7 Å². The van der Waals surface area contributed by atoms with E-state index in [4.69, 9.17) is 25.3 Å². The third-order valence-electron chi connectivity index (χ3n) is 19.2. The van der Waals surface area contributed by atoms with Gasteiger partial charge >= 0.3 is 25.4 Å². The predicted octanol–water partition coefficient (Wildman–Crippen LogP) is 12.9. The van der Waals surface area contributed by atoms with E-state index in [-0.39, 0.29) is 39.0 Å². The van der Waals surface area contributed by atoms with Crippen molar-refractivity contribution in [2.75, 3.05) is 6.54 Å². The maximum absolute atomic E-state index is 5.13. The van der Waals surface area contributed by atoms with Crippen LogP contribution >= 0.6 is 0 Å². The molecule has 19 rings (SSSR count). The summed E-state index contributed by atoms with van der Waals surface area (Å²) in [5, 5.41) is 7.25. The number of fused-ring (bicyclic) bond motifs is 8. The van der Waals surface area contributed by atoms with Crippen molar-refractivity contribution < 1.29 is 48.1 Å². The fourth-order valence-electron chi connectivity index (χ4n) is 14.7. The molecule has 9 aromatic rings. The van der Waals surface area contributed by atoms with Gasteiger partial charge in [-0.3, -0.25) is 4.99 Å². The molecule has 1 spiro atoms. The zero-order chi connectivity index (χ0) is 59.6. The Bertz CT molecular complexity index is 5490. The van der Waals surface area contributed by atoms with Gasteiger partial charge in [-0.05, 0) is 158 Å². The number of nitrogens with zero attached hydrogens (tertiary/aromatic N) is 12. The molecule has 0 aliphatic carbocycles. The molecule has 10 aliphatic heterocycles. The molecule has 17 heterocycles. The largest absolute Gasteiger partial charge is 2.00 e. The molecule has 0 radical (unpaired) electrons. The molecule has 0 saturated carbocycles. The van der Waals surface area contributed by atoms with Crippen LogP contribution in [0, 0.1) is 20.8 Å². The average Bonchev–Trinajstić information content (AvgIpc) is 1.54. The summed E-state index contributed by atoms with van der Waals surface area (Å²) in [5.74, 6) is -0.611. The summed E-state index contributed by atoms with van der Waals surface area (Å²) in [6.45, 7) is 13.7. The molecule has 7 aromatic heterocycles. The van der Waals surface area contributed by atoms with Gasteiger partial charge in [0.05, 0.1) is 56.1 Å². The van der Waals surface area contributed by atoms with E-state index in [0.717, 1.165) is 118 Å².